The lowest BCUT2D eigenvalue weighted by molar-refractivity contribution is 0.416. The van der Waals surface area contributed by atoms with Crippen LogP contribution in [0, 0.1) is 0 Å². The van der Waals surface area contributed by atoms with E-state index in [0.717, 1.165) is 55.8 Å². The summed E-state index contributed by atoms with van der Waals surface area (Å²) in [5, 5.41) is 2.12. The number of hydrogen-bond donors (Lipinski definition) is 0. The van der Waals surface area contributed by atoms with Crippen LogP contribution in [-0.2, 0) is 0 Å². The molecule has 138 valence electrons. The Labute approximate surface area is 163 Å². The molecule has 0 amide bonds. The predicted molar refractivity (Wildman–Crippen MR) is 115 cm³/mol. The minimum Gasteiger partial charge on any atom is -0.496 e. The Morgan fingerprint density at radius 1 is 0.821 bits per heavy atom. The number of nitrogens with zero attached hydrogens (tertiary/aromatic N) is 2. The summed E-state index contributed by atoms with van der Waals surface area (Å²) in [6, 6.07) is 18.4. The molecule has 0 radical (unpaired) electrons. The zero-order valence-electron chi connectivity index (χ0n) is 15.9. The number of methoxy groups -OCH3 is 2. The van der Waals surface area contributed by atoms with Crippen LogP contribution in [0.2, 0.25) is 0 Å². The largest absolute Gasteiger partial charge is 0.496 e. The number of pyridine rings is 1. The van der Waals surface area contributed by atoms with E-state index in [9.17, 15) is 0 Å². The van der Waals surface area contributed by atoms with E-state index in [1.165, 1.54) is 0 Å². The molecule has 0 saturated carbocycles. The second-order valence-electron chi connectivity index (χ2n) is 6.77. The van der Waals surface area contributed by atoms with Gasteiger partial charge in [0.15, 0.2) is 0 Å². The van der Waals surface area contributed by atoms with Crippen LogP contribution in [0.5, 0.6) is 11.5 Å². The molecule has 0 spiro atoms. The van der Waals surface area contributed by atoms with Crippen LogP contribution in [0.1, 0.15) is 0 Å². The van der Waals surface area contributed by atoms with Gasteiger partial charge in [-0.2, -0.15) is 0 Å². The Morgan fingerprint density at radius 3 is 2.21 bits per heavy atom. The molecule has 4 heteroatoms. The lowest BCUT2D eigenvalue weighted by Gasteiger charge is -2.34. The normalized spacial score (nSPS) is 12.1. The number of hydrogen-bond acceptors (Lipinski definition) is 4. The summed E-state index contributed by atoms with van der Waals surface area (Å²) in [5.74, 6) is 1.64. The van der Waals surface area contributed by atoms with E-state index in [0.29, 0.717) is 6.54 Å². The lowest BCUT2D eigenvalue weighted by atomic mass is 9.89. The van der Waals surface area contributed by atoms with E-state index in [1.54, 1.807) is 14.2 Å². The first-order valence-electron chi connectivity index (χ1n) is 9.23. The fourth-order valence-electron chi connectivity index (χ4n) is 4.26. The first-order valence-corrected chi connectivity index (χ1v) is 9.23. The minimum atomic E-state index is 0.697. The van der Waals surface area contributed by atoms with Gasteiger partial charge in [-0.3, -0.25) is 0 Å². The molecule has 0 fully saturated rings. The third-order valence-electron chi connectivity index (χ3n) is 5.35. The summed E-state index contributed by atoms with van der Waals surface area (Å²) in [7, 11) is 3.42. The molecule has 2 heterocycles. The summed E-state index contributed by atoms with van der Waals surface area (Å²) < 4.78 is 11.5. The summed E-state index contributed by atoms with van der Waals surface area (Å²) >= 11 is 0. The van der Waals surface area contributed by atoms with E-state index >= 15 is 0 Å². The SMILES string of the molecule is C=CCN1c2cccc(OC)c2-c2c3c(OC)cccc3nc3cccc1c23. The van der Waals surface area contributed by atoms with Crippen molar-refractivity contribution in [1.82, 2.24) is 4.98 Å². The van der Waals surface area contributed by atoms with E-state index in [4.69, 9.17) is 14.5 Å². The van der Waals surface area contributed by atoms with Crippen LogP contribution in [0.25, 0.3) is 32.9 Å². The van der Waals surface area contributed by atoms with Crippen LogP contribution in [0.3, 0.4) is 0 Å². The van der Waals surface area contributed by atoms with Gasteiger partial charge in [0.2, 0.25) is 0 Å². The van der Waals surface area contributed by atoms with Gasteiger partial charge in [0.25, 0.3) is 0 Å². The standard InChI is InChI=1S/C24H20N2O2/c1-4-14-26-17-10-5-8-15-21(17)24(23-18(26)11-7-13-20(23)28-3)22-16(25-15)9-6-12-19(22)27-2/h4-13H,1,14H2,2-3H3. The highest BCUT2D eigenvalue weighted by Gasteiger charge is 2.29. The fraction of sp³-hybridized carbons (Fsp3) is 0.125. The van der Waals surface area contributed by atoms with Crippen molar-refractivity contribution in [2.75, 3.05) is 25.7 Å². The summed E-state index contributed by atoms with van der Waals surface area (Å²) in [6.45, 7) is 4.66. The van der Waals surface area contributed by atoms with Crippen molar-refractivity contribution in [3.8, 4) is 22.6 Å². The molecule has 3 aromatic carbocycles. The Kier molecular flexibility index (Phi) is 3.72. The van der Waals surface area contributed by atoms with E-state index < -0.39 is 0 Å². The summed E-state index contributed by atoms with van der Waals surface area (Å²) in [6.07, 6.45) is 1.92. The lowest BCUT2D eigenvalue weighted by Crippen LogP contribution is -2.21. The minimum absolute atomic E-state index is 0.697. The van der Waals surface area contributed by atoms with Gasteiger partial charge in [0.05, 0.1) is 42.0 Å². The first-order chi connectivity index (χ1) is 13.8. The molecule has 0 unspecified atom stereocenters. The van der Waals surface area contributed by atoms with Gasteiger partial charge in [0.1, 0.15) is 11.5 Å². The van der Waals surface area contributed by atoms with Crippen LogP contribution in [-0.4, -0.2) is 25.7 Å². The highest BCUT2D eigenvalue weighted by atomic mass is 16.5. The molecule has 0 N–H and O–H groups in total. The van der Waals surface area contributed by atoms with Crippen molar-refractivity contribution in [2.45, 2.75) is 0 Å². The Morgan fingerprint density at radius 2 is 1.46 bits per heavy atom. The monoisotopic (exact) mass is 368 g/mol. The topological polar surface area (TPSA) is 34.6 Å². The molecule has 4 nitrogen and oxygen atoms in total. The van der Waals surface area contributed by atoms with Crippen LogP contribution in [0.4, 0.5) is 11.4 Å². The number of rotatable bonds is 4. The number of benzene rings is 3. The molecule has 0 bridgehead atoms. The molecule has 5 rings (SSSR count). The van der Waals surface area contributed by atoms with Gasteiger partial charge >= 0.3 is 0 Å². The smallest absolute Gasteiger partial charge is 0.128 e. The Hall–Kier alpha value is -3.53. The Balaban J connectivity index is 2.08. The van der Waals surface area contributed by atoms with Crippen LogP contribution in [0.15, 0.2) is 67.3 Å². The summed E-state index contributed by atoms with van der Waals surface area (Å²) in [4.78, 5) is 7.21. The molecule has 4 aromatic rings. The van der Waals surface area contributed by atoms with Gasteiger partial charge < -0.3 is 14.4 Å². The number of aromatic nitrogens is 1. The number of ether oxygens (including phenoxy) is 2. The van der Waals surface area contributed by atoms with Gasteiger partial charge in [-0.05, 0) is 36.4 Å². The van der Waals surface area contributed by atoms with Gasteiger partial charge in [0, 0.05) is 23.1 Å². The quantitative estimate of drug-likeness (QED) is 0.341. The molecule has 1 aromatic heterocycles. The average molecular weight is 368 g/mol. The highest BCUT2D eigenvalue weighted by molar-refractivity contribution is 6.21. The molecular weight excluding hydrogens is 348 g/mol. The zero-order valence-corrected chi connectivity index (χ0v) is 15.9. The van der Waals surface area contributed by atoms with Crippen LogP contribution < -0.4 is 14.4 Å². The number of anilines is 2. The number of fused-ring (bicyclic) bond motifs is 4. The van der Waals surface area contributed by atoms with Crippen molar-refractivity contribution in [2.24, 2.45) is 0 Å². The van der Waals surface area contributed by atoms with Gasteiger partial charge in [-0.1, -0.05) is 24.3 Å². The second kappa shape index (κ2) is 6.27. The van der Waals surface area contributed by atoms with E-state index in [2.05, 4.69) is 35.7 Å². The van der Waals surface area contributed by atoms with Crippen molar-refractivity contribution in [3.63, 3.8) is 0 Å². The maximum Gasteiger partial charge on any atom is 0.128 e. The van der Waals surface area contributed by atoms with Crippen molar-refractivity contribution < 1.29 is 9.47 Å². The maximum absolute atomic E-state index is 5.79. The van der Waals surface area contributed by atoms with Crippen molar-refractivity contribution >= 4 is 33.2 Å². The fourth-order valence-corrected chi connectivity index (χ4v) is 4.26. The van der Waals surface area contributed by atoms with Crippen molar-refractivity contribution in [3.05, 3.63) is 67.3 Å². The van der Waals surface area contributed by atoms with E-state index in [-0.39, 0.29) is 0 Å². The highest BCUT2D eigenvalue weighted by Crippen LogP contribution is 2.54. The molecule has 28 heavy (non-hydrogen) atoms. The third-order valence-corrected chi connectivity index (χ3v) is 5.35. The predicted octanol–water partition coefficient (Wildman–Crippen LogP) is 5.71. The molecule has 0 aliphatic carbocycles. The third kappa shape index (κ3) is 2.15. The van der Waals surface area contributed by atoms with Gasteiger partial charge in [-0.15, -0.1) is 6.58 Å². The van der Waals surface area contributed by atoms with Crippen LogP contribution >= 0.6 is 0 Å². The average Bonchev–Trinajstić information content (AvgIpc) is 2.74. The first kappa shape index (κ1) is 16.6. The molecular formula is C24H20N2O2. The molecule has 1 aliphatic rings. The van der Waals surface area contributed by atoms with Crippen molar-refractivity contribution in [1.29, 1.82) is 0 Å². The van der Waals surface area contributed by atoms with E-state index in [1.807, 2.05) is 36.4 Å². The Bertz CT molecular complexity index is 1250. The second-order valence-corrected chi connectivity index (χ2v) is 6.77. The molecule has 1 aliphatic heterocycles. The molecule has 0 saturated heterocycles. The molecule has 0 atom stereocenters. The zero-order chi connectivity index (χ0) is 19.3. The summed E-state index contributed by atoms with van der Waals surface area (Å²) in [5.41, 5.74) is 6.26. The maximum atomic E-state index is 5.79. The van der Waals surface area contributed by atoms with Gasteiger partial charge in [-0.25, -0.2) is 4.98 Å².